The summed E-state index contributed by atoms with van der Waals surface area (Å²) in [7, 11) is 1.87. The SMILES string of the molecule is CCCc1sc(C(=O)N(C)CC(C)(C)CN)cc1CC.Cl. The number of nitrogens with zero attached hydrogens (tertiary/aromatic N) is 1. The molecule has 0 aliphatic rings. The third kappa shape index (κ3) is 5.61. The van der Waals surface area contributed by atoms with Crippen molar-refractivity contribution >= 4 is 29.7 Å². The van der Waals surface area contributed by atoms with Gasteiger partial charge in [0.15, 0.2) is 0 Å². The topological polar surface area (TPSA) is 46.3 Å². The number of amides is 1. The van der Waals surface area contributed by atoms with Gasteiger partial charge in [-0.15, -0.1) is 23.7 Å². The van der Waals surface area contributed by atoms with Gasteiger partial charge in [0.2, 0.25) is 0 Å². The van der Waals surface area contributed by atoms with E-state index in [0.29, 0.717) is 13.1 Å². The van der Waals surface area contributed by atoms with Crippen LogP contribution in [0, 0.1) is 5.41 Å². The van der Waals surface area contributed by atoms with Gasteiger partial charge in [-0.3, -0.25) is 4.79 Å². The predicted molar refractivity (Wildman–Crippen MR) is 94.7 cm³/mol. The summed E-state index contributed by atoms with van der Waals surface area (Å²) in [5, 5.41) is 0. The molecular weight excluding hydrogens is 304 g/mol. The van der Waals surface area contributed by atoms with E-state index in [1.807, 2.05) is 7.05 Å². The molecule has 0 bridgehead atoms. The van der Waals surface area contributed by atoms with Crippen LogP contribution in [-0.2, 0) is 12.8 Å². The van der Waals surface area contributed by atoms with Gasteiger partial charge in [0, 0.05) is 18.5 Å². The van der Waals surface area contributed by atoms with Gasteiger partial charge in [0.05, 0.1) is 4.88 Å². The van der Waals surface area contributed by atoms with E-state index in [4.69, 9.17) is 5.73 Å². The fraction of sp³-hybridized carbons (Fsp3) is 0.688. The van der Waals surface area contributed by atoms with Crippen molar-refractivity contribution in [3.8, 4) is 0 Å². The molecule has 0 spiro atoms. The van der Waals surface area contributed by atoms with E-state index in [-0.39, 0.29) is 23.7 Å². The minimum Gasteiger partial charge on any atom is -0.340 e. The zero-order valence-electron chi connectivity index (χ0n) is 13.9. The van der Waals surface area contributed by atoms with Crippen molar-refractivity contribution in [2.45, 2.75) is 47.0 Å². The average Bonchev–Trinajstić information content (AvgIpc) is 2.81. The van der Waals surface area contributed by atoms with E-state index < -0.39 is 0 Å². The molecule has 1 amide bonds. The van der Waals surface area contributed by atoms with Crippen LogP contribution in [0.4, 0.5) is 0 Å². The highest BCUT2D eigenvalue weighted by Gasteiger charge is 2.23. The highest BCUT2D eigenvalue weighted by molar-refractivity contribution is 7.14. The summed E-state index contributed by atoms with van der Waals surface area (Å²) in [4.78, 5) is 16.5. The van der Waals surface area contributed by atoms with Gasteiger partial charge < -0.3 is 10.6 Å². The van der Waals surface area contributed by atoms with Crippen LogP contribution < -0.4 is 5.73 Å². The second kappa shape index (κ2) is 8.76. The Balaban J connectivity index is 0.00000400. The van der Waals surface area contributed by atoms with Gasteiger partial charge in [0.25, 0.3) is 5.91 Å². The fourth-order valence-electron chi connectivity index (χ4n) is 2.28. The molecule has 21 heavy (non-hydrogen) atoms. The second-order valence-electron chi connectivity index (χ2n) is 6.19. The smallest absolute Gasteiger partial charge is 0.263 e. The Morgan fingerprint density at radius 2 is 2.00 bits per heavy atom. The van der Waals surface area contributed by atoms with Crippen molar-refractivity contribution in [2.24, 2.45) is 11.1 Å². The van der Waals surface area contributed by atoms with Gasteiger partial charge in [-0.05, 0) is 36.4 Å². The fourth-order valence-corrected chi connectivity index (χ4v) is 3.63. The van der Waals surface area contributed by atoms with Crippen molar-refractivity contribution in [1.29, 1.82) is 0 Å². The zero-order valence-corrected chi connectivity index (χ0v) is 15.5. The molecule has 5 heteroatoms. The van der Waals surface area contributed by atoms with Crippen molar-refractivity contribution in [3.05, 3.63) is 21.4 Å². The molecule has 0 unspecified atom stereocenters. The van der Waals surface area contributed by atoms with Crippen LogP contribution in [0.5, 0.6) is 0 Å². The van der Waals surface area contributed by atoms with Crippen molar-refractivity contribution in [3.63, 3.8) is 0 Å². The highest BCUT2D eigenvalue weighted by atomic mass is 35.5. The first-order valence-electron chi connectivity index (χ1n) is 7.41. The lowest BCUT2D eigenvalue weighted by Gasteiger charge is -2.28. The van der Waals surface area contributed by atoms with E-state index >= 15 is 0 Å². The van der Waals surface area contributed by atoms with Crippen molar-refractivity contribution in [2.75, 3.05) is 20.1 Å². The molecule has 0 aromatic carbocycles. The quantitative estimate of drug-likeness (QED) is 0.826. The summed E-state index contributed by atoms with van der Waals surface area (Å²) in [5.41, 5.74) is 7.03. The van der Waals surface area contributed by atoms with Crippen LogP contribution in [0.2, 0.25) is 0 Å². The second-order valence-corrected chi connectivity index (χ2v) is 7.33. The lowest BCUT2D eigenvalue weighted by atomic mass is 9.93. The minimum atomic E-state index is -0.0402. The van der Waals surface area contributed by atoms with Crippen molar-refractivity contribution in [1.82, 2.24) is 4.90 Å². The number of thiophene rings is 1. The maximum atomic E-state index is 12.5. The van der Waals surface area contributed by atoms with Crippen LogP contribution >= 0.6 is 23.7 Å². The number of nitrogens with two attached hydrogens (primary N) is 1. The Hall–Kier alpha value is -0.580. The van der Waals surface area contributed by atoms with Crippen LogP contribution in [-0.4, -0.2) is 30.9 Å². The number of aryl methyl sites for hydroxylation is 2. The third-order valence-corrected chi connectivity index (χ3v) is 4.75. The van der Waals surface area contributed by atoms with Crippen LogP contribution in [0.1, 0.15) is 54.2 Å². The van der Waals surface area contributed by atoms with Gasteiger partial charge in [0.1, 0.15) is 0 Å². The Morgan fingerprint density at radius 3 is 2.48 bits per heavy atom. The maximum absolute atomic E-state index is 12.5. The molecule has 1 aromatic heterocycles. The Labute approximate surface area is 139 Å². The van der Waals surface area contributed by atoms with E-state index in [9.17, 15) is 4.79 Å². The van der Waals surface area contributed by atoms with Crippen LogP contribution in [0.25, 0.3) is 0 Å². The summed E-state index contributed by atoms with van der Waals surface area (Å²) in [6, 6.07) is 2.07. The summed E-state index contributed by atoms with van der Waals surface area (Å²) in [5.74, 6) is 0.119. The van der Waals surface area contributed by atoms with Crippen molar-refractivity contribution < 1.29 is 4.79 Å². The summed E-state index contributed by atoms with van der Waals surface area (Å²) < 4.78 is 0. The normalized spacial score (nSPS) is 11.1. The van der Waals surface area contributed by atoms with E-state index in [0.717, 1.165) is 24.1 Å². The number of hydrogen-bond donors (Lipinski definition) is 1. The molecule has 0 radical (unpaired) electrons. The molecule has 0 aliphatic heterocycles. The zero-order chi connectivity index (χ0) is 15.3. The monoisotopic (exact) mass is 332 g/mol. The van der Waals surface area contributed by atoms with E-state index in [1.54, 1.807) is 16.2 Å². The number of halogens is 1. The molecule has 0 saturated carbocycles. The van der Waals surface area contributed by atoms with E-state index in [2.05, 4.69) is 33.8 Å². The molecule has 1 rings (SSSR count). The molecular formula is C16H29ClN2OS. The third-order valence-electron chi connectivity index (χ3n) is 3.53. The predicted octanol–water partition coefficient (Wildman–Crippen LogP) is 3.74. The van der Waals surface area contributed by atoms with Gasteiger partial charge in [-0.1, -0.05) is 34.1 Å². The van der Waals surface area contributed by atoms with Gasteiger partial charge in [-0.25, -0.2) is 0 Å². The summed E-state index contributed by atoms with van der Waals surface area (Å²) in [6.07, 6.45) is 3.19. The molecule has 2 N–H and O–H groups in total. The Bertz CT molecular complexity index is 457. The van der Waals surface area contributed by atoms with Gasteiger partial charge >= 0.3 is 0 Å². The Kier molecular flexibility index (Phi) is 8.52. The molecule has 3 nitrogen and oxygen atoms in total. The van der Waals surface area contributed by atoms with E-state index in [1.165, 1.54) is 10.4 Å². The Morgan fingerprint density at radius 1 is 1.38 bits per heavy atom. The van der Waals surface area contributed by atoms with Crippen LogP contribution in [0.15, 0.2) is 6.07 Å². The average molecular weight is 333 g/mol. The van der Waals surface area contributed by atoms with Gasteiger partial charge in [-0.2, -0.15) is 0 Å². The standard InChI is InChI=1S/C16H28N2OS.ClH/c1-6-8-13-12(7-2)9-14(20-13)15(19)18(5)11-16(3,4)10-17;/h9H,6-8,10-11,17H2,1-5H3;1H. The number of rotatable bonds is 7. The molecule has 0 atom stereocenters. The lowest BCUT2D eigenvalue weighted by Crippen LogP contribution is -2.39. The summed E-state index contributed by atoms with van der Waals surface area (Å²) >= 11 is 1.66. The number of hydrogen-bond acceptors (Lipinski definition) is 3. The van der Waals surface area contributed by atoms with Crippen LogP contribution in [0.3, 0.4) is 0 Å². The lowest BCUT2D eigenvalue weighted by molar-refractivity contribution is 0.0745. The summed E-state index contributed by atoms with van der Waals surface area (Å²) in [6.45, 7) is 9.77. The number of carbonyl (C=O) groups is 1. The first-order valence-corrected chi connectivity index (χ1v) is 8.23. The molecule has 0 fully saturated rings. The molecule has 1 heterocycles. The molecule has 0 saturated heterocycles. The largest absolute Gasteiger partial charge is 0.340 e. The minimum absolute atomic E-state index is 0. The molecule has 0 aliphatic carbocycles. The maximum Gasteiger partial charge on any atom is 0.263 e. The number of carbonyl (C=O) groups excluding carboxylic acids is 1. The molecule has 122 valence electrons. The molecule has 1 aromatic rings. The first-order chi connectivity index (χ1) is 9.34. The highest BCUT2D eigenvalue weighted by Crippen LogP contribution is 2.26. The first kappa shape index (κ1) is 20.4.